The lowest BCUT2D eigenvalue weighted by molar-refractivity contribution is -0.138. The highest BCUT2D eigenvalue weighted by atomic mass is 32.2. The van der Waals surface area contributed by atoms with E-state index in [1.807, 2.05) is 18.2 Å². The minimum Gasteiger partial charge on any atom is -0.384 e. The van der Waals surface area contributed by atoms with Crippen molar-refractivity contribution in [2.24, 2.45) is 0 Å². The summed E-state index contributed by atoms with van der Waals surface area (Å²) in [4.78, 5) is 16.4. The number of amides is 1. The van der Waals surface area contributed by atoms with E-state index in [4.69, 9.17) is 4.74 Å². The van der Waals surface area contributed by atoms with Crippen LogP contribution in [-0.4, -0.2) is 74.5 Å². The van der Waals surface area contributed by atoms with Crippen molar-refractivity contribution in [2.45, 2.75) is 25.0 Å². The van der Waals surface area contributed by atoms with Gasteiger partial charge in [0.1, 0.15) is 0 Å². The van der Waals surface area contributed by atoms with Crippen LogP contribution in [0.4, 0.5) is 0 Å². The van der Waals surface area contributed by atoms with E-state index in [2.05, 4.69) is 17.0 Å². The second-order valence-corrected chi connectivity index (χ2v) is 8.65. The Kier molecular flexibility index (Phi) is 5.22. The lowest BCUT2D eigenvalue weighted by Gasteiger charge is -2.44. The van der Waals surface area contributed by atoms with Crippen LogP contribution in [-0.2, 0) is 25.9 Å². The molecule has 3 rings (SSSR count). The summed E-state index contributed by atoms with van der Waals surface area (Å²) in [6.45, 7) is 2.36. The van der Waals surface area contributed by atoms with Gasteiger partial charge in [-0.2, -0.15) is 0 Å². The Morgan fingerprint density at radius 2 is 1.88 bits per heavy atom. The van der Waals surface area contributed by atoms with Crippen LogP contribution in [0.3, 0.4) is 0 Å². The van der Waals surface area contributed by atoms with Gasteiger partial charge < -0.3 is 9.64 Å². The van der Waals surface area contributed by atoms with Gasteiger partial charge in [-0.05, 0) is 5.56 Å². The third kappa shape index (κ3) is 3.79. The molecule has 2 atom stereocenters. The number of fused-ring (bicyclic) bond motifs is 1. The standard InChI is InChI=1S/C17H24N2O4S/c1-23-10-7-17(20)19-9-8-18(11-14-5-3-2-4-6-14)15-12-24(21,22)13-16(15)19/h2-6,15-16H,7-13H2,1H3/t15-,16+/m1/s1. The second-order valence-electron chi connectivity index (χ2n) is 6.50. The van der Waals surface area contributed by atoms with Crippen molar-refractivity contribution < 1.29 is 17.9 Å². The van der Waals surface area contributed by atoms with Gasteiger partial charge in [0, 0.05) is 32.8 Å². The van der Waals surface area contributed by atoms with Crippen molar-refractivity contribution in [3.05, 3.63) is 35.9 Å². The van der Waals surface area contributed by atoms with Crippen LogP contribution in [0.1, 0.15) is 12.0 Å². The first kappa shape index (κ1) is 17.4. The molecule has 0 radical (unpaired) electrons. The monoisotopic (exact) mass is 352 g/mol. The van der Waals surface area contributed by atoms with Crippen molar-refractivity contribution in [2.75, 3.05) is 38.3 Å². The van der Waals surface area contributed by atoms with Crippen molar-refractivity contribution >= 4 is 15.7 Å². The van der Waals surface area contributed by atoms with Crippen LogP contribution < -0.4 is 0 Å². The molecule has 0 bridgehead atoms. The molecule has 7 heteroatoms. The molecular formula is C17H24N2O4S. The molecule has 2 aliphatic rings. The van der Waals surface area contributed by atoms with E-state index in [1.54, 1.807) is 12.0 Å². The van der Waals surface area contributed by atoms with Crippen LogP contribution in [0.5, 0.6) is 0 Å². The van der Waals surface area contributed by atoms with Crippen LogP contribution in [0.15, 0.2) is 30.3 Å². The van der Waals surface area contributed by atoms with Gasteiger partial charge in [-0.1, -0.05) is 30.3 Å². The van der Waals surface area contributed by atoms with E-state index < -0.39 is 9.84 Å². The normalized spacial score (nSPS) is 26.3. The summed E-state index contributed by atoms with van der Waals surface area (Å²) in [6.07, 6.45) is 0.304. The van der Waals surface area contributed by atoms with Crippen LogP contribution in [0.25, 0.3) is 0 Å². The summed E-state index contributed by atoms with van der Waals surface area (Å²) in [6, 6.07) is 9.69. The number of sulfone groups is 1. The van der Waals surface area contributed by atoms with Crippen LogP contribution in [0.2, 0.25) is 0 Å². The molecule has 2 saturated heterocycles. The fraction of sp³-hybridized carbons (Fsp3) is 0.588. The van der Waals surface area contributed by atoms with Gasteiger partial charge in [-0.15, -0.1) is 0 Å². The van der Waals surface area contributed by atoms with Gasteiger partial charge in [0.05, 0.1) is 30.6 Å². The molecule has 2 fully saturated rings. The molecule has 132 valence electrons. The Hall–Kier alpha value is -1.44. The largest absolute Gasteiger partial charge is 0.384 e. The van der Waals surface area contributed by atoms with Gasteiger partial charge in [-0.3, -0.25) is 9.69 Å². The first-order chi connectivity index (χ1) is 11.5. The summed E-state index contributed by atoms with van der Waals surface area (Å²) in [5, 5.41) is 0. The number of ether oxygens (including phenoxy) is 1. The van der Waals surface area contributed by atoms with Crippen LogP contribution in [0, 0.1) is 0 Å². The number of methoxy groups -OCH3 is 1. The molecule has 1 aromatic rings. The second kappa shape index (κ2) is 7.21. The Morgan fingerprint density at radius 1 is 1.17 bits per heavy atom. The Bertz CT molecular complexity index is 677. The number of hydrogen-bond acceptors (Lipinski definition) is 5. The van der Waals surface area contributed by atoms with Gasteiger partial charge in [0.25, 0.3) is 0 Å². The number of nitrogens with zero attached hydrogens (tertiary/aromatic N) is 2. The fourth-order valence-electron chi connectivity index (χ4n) is 3.68. The SMILES string of the molecule is COCCC(=O)N1CCN(Cc2ccccc2)[C@@H]2CS(=O)(=O)C[C@@H]21. The predicted molar refractivity (Wildman–Crippen MR) is 91.3 cm³/mol. The van der Waals surface area contributed by atoms with Gasteiger partial charge in [0.2, 0.25) is 5.91 Å². The number of hydrogen-bond donors (Lipinski definition) is 0. The molecule has 0 N–H and O–H groups in total. The highest BCUT2D eigenvalue weighted by Gasteiger charge is 2.47. The van der Waals surface area contributed by atoms with Gasteiger partial charge >= 0.3 is 0 Å². The van der Waals surface area contributed by atoms with Gasteiger partial charge in [0.15, 0.2) is 9.84 Å². The van der Waals surface area contributed by atoms with Crippen LogP contribution >= 0.6 is 0 Å². The van der Waals surface area contributed by atoms with Crippen molar-refractivity contribution in [1.82, 2.24) is 9.80 Å². The molecule has 2 aliphatic heterocycles. The number of carbonyl (C=O) groups excluding carboxylic acids is 1. The summed E-state index contributed by atoms with van der Waals surface area (Å²) >= 11 is 0. The average Bonchev–Trinajstić information content (AvgIpc) is 2.89. The third-order valence-corrected chi connectivity index (χ3v) is 6.56. The van der Waals surface area contributed by atoms with Gasteiger partial charge in [-0.25, -0.2) is 8.42 Å². The Labute approximate surface area is 143 Å². The quantitative estimate of drug-likeness (QED) is 0.773. The maximum Gasteiger partial charge on any atom is 0.225 e. The molecule has 1 aromatic carbocycles. The van der Waals surface area contributed by atoms with E-state index in [0.717, 1.165) is 6.54 Å². The Balaban J connectivity index is 1.76. The molecule has 0 unspecified atom stereocenters. The highest BCUT2D eigenvalue weighted by molar-refractivity contribution is 7.91. The molecule has 1 amide bonds. The number of benzene rings is 1. The molecule has 0 aliphatic carbocycles. The maximum atomic E-state index is 12.4. The molecule has 0 aromatic heterocycles. The van der Waals surface area contributed by atoms with E-state index in [9.17, 15) is 13.2 Å². The lowest BCUT2D eigenvalue weighted by Crippen LogP contribution is -2.60. The zero-order valence-corrected chi connectivity index (χ0v) is 14.7. The molecule has 24 heavy (non-hydrogen) atoms. The Morgan fingerprint density at radius 3 is 2.58 bits per heavy atom. The lowest BCUT2D eigenvalue weighted by atomic mass is 10.0. The zero-order chi connectivity index (χ0) is 17.2. The highest BCUT2D eigenvalue weighted by Crippen LogP contribution is 2.28. The number of rotatable bonds is 5. The van der Waals surface area contributed by atoms with Crippen molar-refractivity contribution in [3.63, 3.8) is 0 Å². The summed E-state index contributed by atoms with van der Waals surface area (Å²) in [7, 11) is -1.54. The minimum absolute atomic E-state index is 0.0108. The average molecular weight is 352 g/mol. The van der Waals surface area contributed by atoms with E-state index in [-0.39, 0.29) is 29.5 Å². The maximum absolute atomic E-state index is 12.4. The molecule has 2 heterocycles. The fourth-order valence-corrected chi connectivity index (χ4v) is 5.69. The minimum atomic E-state index is -3.11. The summed E-state index contributed by atoms with van der Waals surface area (Å²) in [5.74, 6) is 0.198. The van der Waals surface area contributed by atoms with Crippen molar-refractivity contribution in [1.29, 1.82) is 0 Å². The van der Waals surface area contributed by atoms with E-state index in [1.165, 1.54) is 5.56 Å². The van der Waals surface area contributed by atoms with Crippen molar-refractivity contribution in [3.8, 4) is 0 Å². The zero-order valence-electron chi connectivity index (χ0n) is 13.9. The predicted octanol–water partition coefficient (Wildman–Crippen LogP) is 0.533. The molecular weight excluding hydrogens is 328 g/mol. The smallest absolute Gasteiger partial charge is 0.225 e. The summed E-state index contributed by atoms with van der Waals surface area (Å²) < 4.78 is 29.4. The number of carbonyl (C=O) groups is 1. The first-order valence-corrected chi connectivity index (χ1v) is 10.1. The van der Waals surface area contributed by atoms with E-state index >= 15 is 0 Å². The summed E-state index contributed by atoms with van der Waals surface area (Å²) in [5.41, 5.74) is 1.17. The first-order valence-electron chi connectivity index (χ1n) is 8.27. The molecule has 0 spiro atoms. The van der Waals surface area contributed by atoms with E-state index in [0.29, 0.717) is 26.1 Å². The topological polar surface area (TPSA) is 66.9 Å². The molecule has 6 nitrogen and oxygen atoms in total. The third-order valence-electron chi connectivity index (χ3n) is 4.86. The molecule has 0 saturated carbocycles. The number of piperazine rings is 1.